The average molecular weight is 422 g/mol. The number of ether oxygens (including phenoxy) is 1. The van der Waals surface area contributed by atoms with Crippen LogP contribution in [-0.4, -0.2) is 31.4 Å². The van der Waals surface area contributed by atoms with Crippen molar-refractivity contribution in [2.24, 2.45) is 0 Å². The van der Waals surface area contributed by atoms with E-state index in [4.69, 9.17) is 4.42 Å². The lowest BCUT2D eigenvalue weighted by Crippen LogP contribution is -2.26. The van der Waals surface area contributed by atoms with Crippen LogP contribution in [0.5, 0.6) is 0 Å². The summed E-state index contributed by atoms with van der Waals surface area (Å²) in [6.07, 6.45) is 3.10. The van der Waals surface area contributed by atoms with Gasteiger partial charge in [0.25, 0.3) is 5.91 Å². The van der Waals surface area contributed by atoms with Gasteiger partial charge in [0.2, 0.25) is 5.91 Å². The molecule has 7 heteroatoms. The molecule has 1 heterocycles. The number of amides is 2. The maximum atomic E-state index is 12.4. The molecule has 0 saturated heterocycles. The van der Waals surface area contributed by atoms with Crippen LogP contribution in [0.25, 0.3) is 11.0 Å². The van der Waals surface area contributed by atoms with Crippen molar-refractivity contribution in [2.45, 2.75) is 32.1 Å². The third kappa shape index (κ3) is 6.70. The van der Waals surface area contributed by atoms with Crippen LogP contribution in [0.2, 0.25) is 0 Å². The Hall–Kier alpha value is -3.61. The van der Waals surface area contributed by atoms with Crippen molar-refractivity contribution >= 4 is 34.4 Å². The number of rotatable bonds is 10. The highest BCUT2D eigenvalue weighted by atomic mass is 16.5. The van der Waals surface area contributed by atoms with Crippen LogP contribution in [-0.2, 0) is 20.7 Å². The summed E-state index contributed by atoms with van der Waals surface area (Å²) in [5.41, 5.74) is 2.14. The largest absolute Gasteiger partial charge is 0.469 e. The minimum atomic E-state index is -0.325. The maximum absolute atomic E-state index is 12.4. The molecule has 3 rings (SSSR count). The number of esters is 1. The predicted octanol–water partition coefficient (Wildman–Crippen LogP) is 4.08. The fourth-order valence-corrected chi connectivity index (χ4v) is 3.14. The standard InChI is InChI=1S/C24H26N2O5/c1-30-23(28)9-3-2-6-14-25-22(27)15-17-10-12-19(13-11-17)26-24(29)21-16-18-7-4-5-8-20(18)31-21/h4-5,7-8,10-13,16H,2-3,6,9,14-15H2,1H3,(H,25,27)(H,26,29). The lowest BCUT2D eigenvalue weighted by Gasteiger charge is -2.07. The highest BCUT2D eigenvalue weighted by molar-refractivity contribution is 6.04. The molecule has 0 aliphatic carbocycles. The van der Waals surface area contributed by atoms with Crippen molar-refractivity contribution in [3.8, 4) is 0 Å². The second kappa shape index (κ2) is 11.0. The van der Waals surface area contributed by atoms with E-state index in [2.05, 4.69) is 15.4 Å². The van der Waals surface area contributed by atoms with E-state index in [0.717, 1.165) is 30.2 Å². The SMILES string of the molecule is COC(=O)CCCCCNC(=O)Cc1ccc(NC(=O)c2cc3ccccc3o2)cc1. The second-order valence-corrected chi connectivity index (χ2v) is 7.21. The first-order valence-corrected chi connectivity index (χ1v) is 10.3. The van der Waals surface area contributed by atoms with Crippen molar-refractivity contribution < 1.29 is 23.5 Å². The Kier molecular flexibility index (Phi) is 7.81. The topological polar surface area (TPSA) is 97.6 Å². The van der Waals surface area contributed by atoms with Gasteiger partial charge in [-0.25, -0.2) is 0 Å². The molecule has 0 bridgehead atoms. The second-order valence-electron chi connectivity index (χ2n) is 7.21. The van der Waals surface area contributed by atoms with Crippen LogP contribution in [0.3, 0.4) is 0 Å². The zero-order valence-electron chi connectivity index (χ0n) is 17.5. The summed E-state index contributed by atoms with van der Waals surface area (Å²) in [7, 11) is 1.38. The number of anilines is 1. The zero-order chi connectivity index (χ0) is 22.1. The predicted molar refractivity (Wildman–Crippen MR) is 118 cm³/mol. The van der Waals surface area contributed by atoms with Crippen molar-refractivity contribution in [3.05, 3.63) is 65.9 Å². The van der Waals surface area contributed by atoms with Gasteiger partial charge in [0, 0.05) is 24.0 Å². The molecule has 0 saturated carbocycles. The summed E-state index contributed by atoms with van der Waals surface area (Å²) in [6, 6.07) is 16.3. The molecule has 0 unspecified atom stereocenters. The quantitative estimate of drug-likeness (QED) is 0.379. The van der Waals surface area contributed by atoms with Gasteiger partial charge < -0.3 is 19.8 Å². The molecule has 0 atom stereocenters. The molecule has 162 valence electrons. The van der Waals surface area contributed by atoms with Crippen LogP contribution in [0.1, 0.15) is 41.8 Å². The fraction of sp³-hybridized carbons (Fsp3) is 0.292. The molecule has 7 nitrogen and oxygen atoms in total. The fourth-order valence-electron chi connectivity index (χ4n) is 3.14. The van der Waals surface area contributed by atoms with E-state index in [1.165, 1.54) is 7.11 Å². The maximum Gasteiger partial charge on any atom is 0.305 e. The Morgan fingerprint density at radius 2 is 1.74 bits per heavy atom. The van der Waals surface area contributed by atoms with Crippen LogP contribution in [0.15, 0.2) is 59.0 Å². The Bertz CT molecular complexity index is 1010. The molecule has 1 aromatic heterocycles. The summed E-state index contributed by atoms with van der Waals surface area (Å²) in [4.78, 5) is 35.5. The van der Waals surface area contributed by atoms with Gasteiger partial charge in [0.05, 0.1) is 13.5 Å². The van der Waals surface area contributed by atoms with Crippen molar-refractivity contribution in [1.82, 2.24) is 5.32 Å². The molecular formula is C24H26N2O5. The molecule has 0 aliphatic heterocycles. The van der Waals surface area contributed by atoms with Crippen molar-refractivity contribution in [1.29, 1.82) is 0 Å². The van der Waals surface area contributed by atoms with E-state index in [0.29, 0.717) is 24.2 Å². The Morgan fingerprint density at radius 3 is 2.48 bits per heavy atom. The number of unbranched alkanes of at least 4 members (excludes halogenated alkanes) is 2. The summed E-state index contributed by atoms with van der Waals surface area (Å²) >= 11 is 0. The molecule has 2 aromatic carbocycles. The van der Waals surface area contributed by atoms with Gasteiger partial charge in [-0.3, -0.25) is 14.4 Å². The van der Waals surface area contributed by atoms with Gasteiger partial charge >= 0.3 is 5.97 Å². The third-order valence-electron chi connectivity index (χ3n) is 4.83. The van der Waals surface area contributed by atoms with Gasteiger partial charge in [0.1, 0.15) is 5.58 Å². The number of carbonyl (C=O) groups excluding carboxylic acids is 3. The van der Waals surface area contributed by atoms with Gasteiger partial charge in [-0.2, -0.15) is 0 Å². The van der Waals surface area contributed by atoms with E-state index in [-0.39, 0.29) is 30.0 Å². The zero-order valence-corrected chi connectivity index (χ0v) is 17.5. The number of nitrogens with one attached hydrogen (secondary N) is 2. The lowest BCUT2D eigenvalue weighted by molar-refractivity contribution is -0.140. The molecular weight excluding hydrogens is 396 g/mol. The normalized spacial score (nSPS) is 10.6. The minimum Gasteiger partial charge on any atom is -0.469 e. The summed E-state index contributed by atoms with van der Waals surface area (Å²) in [5.74, 6) is -0.349. The number of hydrogen-bond donors (Lipinski definition) is 2. The highest BCUT2D eigenvalue weighted by Gasteiger charge is 2.12. The van der Waals surface area contributed by atoms with Crippen LogP contribution >= 0.6 is 0 Å². The number of carbonyl (C=O) groups is 3. The van der Waals surface area contributed by atoms with Gasteiger partial charge in [-0.15, -0.1) is 0 Å². The number of para-hydroxylation sites is 1. The van der Waals surface area contributed by atoms with Gasteiger partial charge in [-0.1, -0.05) is 36.8 Å². The Balaban J connectivity index is 1.40. The Labute approximate surface area is 180 Å². The molecule has 0 aliphatic rings. The number of furan rings is 1. The van der Waals surface area contributed by atoms with E-state index in [1.54, 1.807) is 18.2 Å². The van der Waals surface area contributed by atoms with Crippen molar-refractivity contribution in [2.75, 3.05) is 19.0 Å². The van der Waals surface area contributed by atoms with Gasteiger partial charge in [0.15, 0.2) is 5.76 Å². The molecule has 0 fully saturated rings. The molecule has 0 radical (unpaired) electrons. The lowest BCUT2D eigenvalue weighted by atomic mass is 10.1. The van der Waals surface area contributed by atoms with Crippen LogP contribution < -0.4 is 10.6 Å². The minimum absolute atomic E-state index is 0.0629. The van der Waals surface area contributed by atoms with E-state index in [9.17, 15) is 14.4 Å². The smallest absolute Gasteiger partial charge is 0.305 e. The van der Waals surface area contributed by atoms with Crippen LogP contribution in [0.4, 0.5) is 5.69 Å². The molecule has 3 aromatic rings. The van der Waals surface area contributed by atoms with E-state index >= 15 is 0 Å². The number of hydrogen-bond acceptors (Lipinski definition) is 5. The summed E-state index contributed by atoms with van der Waals surface area (Å²) < 4.78 is 10.2. The first-order valence-electron chi connectivity index (χ1n) is 10.3. The van der Waals surface area contributed by atoms with E-state index < -0.39 is 0 Å². The third-order valence-corrected chi connectivity index (χ3v) is 4.83. The first-order chi connectivity index (χ1) is 15.0. The summed E-state index contributed by atoms with van der Waals surface area (Å²) in [5, 5.41) is 6.55. The molecule has 2 N–H and O–H groups in total. The van der Waals surface area contributed by atoms with Crippen LogP contribution in [0, 0.1) is 0 Å². The molecule has 0 spiro atoms. The summed E-state index contributed by atoms with van der Waals surface area (Å²) in [6.45, 7) is 0.575. The van der Waals surface area contributed by atoms with E-state index in [1.807, 2.05) is 36.4 Å². The number of benzene rings is 2. The highest BCUT2D eigenvalue weighted by Crippen LogP contribution is 2.20. The van der Waals surface area contributed by atoms with Crippen molar-refractivity contribution in [3.63, 3.8) is 0 Å². The average Bonchev–Trinajstić information content (AvgIpc) is 3.22. The molecule has 31 heavy (non-hydrogen) atoms. The number of methoxy groups -OCH3 is 1. The Morgan fingerprint density at radius 1 is 0.968 bits per heavy atom. The first kappa shape index (κ1) is 22.1. The van der Waals surface area contributed by atoms with Gasteiger partial charge in [-0.05, 0) is 42.7 Å². The molecule has 2 amide bonds. The number of fused-ring (bicyclic) bond motifs is 1. The monoisotopic (exact) mass is 422 g/mol.